The first kappa shape index (κ1) is 16.5. The van der Waals surface area contributed by atoms with Gasteiger partial charge in [-0.2, -0.15) is 4.98 Å². The molecule has 4 rings (SSSR count). The van der Waals surface area contributed by atoms with Gasteiger partial charge in [-0.3, -0.25) is 5.10 Å². The molecule has 3 heterocycles. The Balaban J connectivity index is 1.55. The maximum absolute atomic E-state index is 5.48. The second kappa shape index (κ2) is 7.11. The van der Waals surface area contributed by atoms with E-state index in [0.717, 1.165) is 23.8 Å². The molecule has 25 heavy (non-hydrogen) atoms. The van der Waals surface area contributed by atoms with Crippen LogP contribution in [0.15, 0.2) is 41.8 Å². The molecule has 1 aliphatic rings. The predicted octanol–water partition coefficient (Wildman–Crippen LogP) is 3.06. The number of aromatic nitrogens is 3. The van der Waals surface area contributed by atoms with Crippen LogP contribution >= 0.6 is 23.6 Å². The van der Waals surface area contributed by atoms with Gasteiger partial charge in [-0.05, 0) is 47.9 Å². The van der Waals surface area contributed by atoms with Crippen molar-refractivity contribution in [2.75, 3.05) is 13.7 Å². The summed E-state index contributed by atoms with van der Waals surface area (Å²) in [5, 5.41) is 5.53. The first-order chi connectivity index (χ1) is 12.2. The van der Waals surface area contributed by atoms with Gasteiger partial charge in [0.15, 0.2) is 12.5 Å². The molecule has 0 aliphatic carbocycles. The molecule has 2 aromatic heterocycles. The highest BCUT2D eigenvalue weighted by molar-refractivity contribution is 7.71. The number of likely N-dealkylation sites (tertiary alicyclic amines) is 1. The van der Waals surface area contributed by atoms with Crippen molar-refractivity contribution in [1.29, 1.82) is 0 Å². The number of benzene rings is 1. The first-order valence-electron chi connectivity index (χ1n) is 8.44. The van der Waals surface area contributed by atoms with Crippen LogP contribution in [-0.4, -0.2) is 28.4 Å². The molecule has 0 bridgehead atoms. The summed E-state index contributed by atoms with van der Waals surface area (Å²) in [5.74, 6) is 1.64. The molecule has 7 heteroatoms. The number of hydrogen-bond acceptors (Lipinski definition) is 4. The van der Waals surface area contributed by atoms with E-state index < -0.39 is 0 Å². The number of ether oxygens (including phenoxy) is 1. The van der Waals surface area contributed by atoms with Crippen LogP contribution in [0.1, 0.15) is 23.8 Å². The molecule has 0 saturated carbocycles. The summed E-state index contributed by atoms with van der Waals surface area (Å²) in [6.45, 7) is 1.99. The topological polar surface area (TPSA) is 47.3 Å². The Morgan fingerprint density at radius 2 is 2.20 bits per heavy atom. The molecular formula is C18H21N4OS2+. The van der Waals surface area contributed by atoms with Crippen LogP contribution in [0.2, 0.25) is 0 Å². The van der Waals surface area contributed by atoms with E-state index in [1.807, 2.05) is 40.3 Å². The molecule has 3 aromatic rings. The monoisotopic (exact) mass is 373 g/mol. The van der Waals surface area contributed by atoms with Gasteiger partial charge in [0.05, 0.1) is 18.5 Å². The van der Waals surface area contributed by atoms with Crippen LogP contribution < -0.4 is 9.64 Å². The molecule has 0 radical (unpaired) electrons. The van der Waals surface area contributed by atoms with Gasteiger partial charge < -0.3 is 9.64 Å². The van der Waals surface area contributed by atoms with Gasteiger partial charge in [-0.15, -0.1) is 11.3 Å². The summed E-state index contributed by atoms with van der Waals surface area (Å²) in [6, 6.07) is 12.8. The summed E-state index contributed by atoms with van der Waals surface area (Å²) >= 11 is 7.33. The summed E-state index contributed by atoms with van der Waals surface area (Å²) in [5.41, 5.74) is 1.01. The highest BCUT2D eigenvalue weighted by atomic mass is 32.1. The summed E-state index contributed by atoms with van der Waals surface area (Å²) in [4.78, 5) is 7.55. The van der Waals surface area contributed by atoms with Gasteiger partial charge in [0.25, 0.3) is 0 Å². The van der Waals surface area contributed by atoms with Crippen LogP contribution in [0.4, 0.5) is 0 Å². The third kappa shape index (κ3) is 3.40. The van der Waals surface area contributed by atoms with E-state index in [0.29, 0.717) is 10.8 Å². The number of nitrogens with one attached hydrogen (secondary N) is 2. The highest BCUT2D eigenvalue weighted by Gasteiger charge is 2.31. The van der Waals surface area contributed by atoms with Gasteiger partial charge in [0.2, 0.25) is 4.77 Å². The zero-order chi connectivity index (χ0) is 17.2. The van der Waals surface area contributed by atoms with Crippen molar-refractivity contribution < 1.29 is 9.64 Å². The zero-order valence-electron chi connectivity index (χ0n) is 14.1. The van der Waals surface area contributed by atoms with Gasteiger partial charge >= 0.3 is 0 Å². The Bertz CT molecular complexity index is 883. The molecule has 0 amide bonds. The van der Waals surface area contributed by atoms with Gasteiger partial charge in [0.1, 0.15) is 11.8 Å². The number of H-pyrrole nitrogens is 1. The molecule has 5 nitrogen and oxygen atoms in total. The molecule has 130 valence electrons. The standard InChI is InChI=1S/C18H20N4OS2/c1-23-14-8-6-13(7-9-14)17-19-18(24)22(20-17)12-21-10-2-4-15(21)16-5-3-11-25-16/h3,5-9,11,15H,2,4,10,12H2,1H3,(H,19,20,24)/p+1/t15-/m1/s1. The summed E-state index contributed by atoms with van der Waals surface area (Å²) in [6.07, 6.45) is 2.49. The summed E-state index contributed by atoms with van der Waals surface area (Å²) in [7, 11) is 1.67. The Morgan fingerprint density at radius 3 is 2.92 bits per heavy atom. The largest absolute Gasteiger partial charge is 0.497 e. The molecular weight excluding hydrogens is 352 g/mol. The van der Waals surface area contributed by atoms with Crippen molar-refractivity contribution in [3.8, 4) is 17.1 Å². The third-order valence-electron chi connectivity index (χ3n) is 4.77. The molecule has 1 aromatic carbocycles. The number of thiophene rings is 1. The summed E-state index contributed by atoms with van der Waals surface area (Å²) < 4.78 is 7.81. The second-order valence-corrected chi connectivity index (χ2v) is 7.63. The molecule has 1 aliphatic heterocycles. The van der Waals surface area contributed by atoms with Crippen LogP contribution in [0, 0.1) is 4.77 Å². The molecule has 0 spiro atoms. The molecule has 1 fully saturated rings. The van der Waals surface area contributed by atoms with Crippen LogP contribution in [-0.2, 0) is 6.67 Å². The van der Waals surface area contributed by atoms with Crippen molar-refractivity contribution in [2.24, 2.45) is 0 Å². The van der Waals surface area contributed by atoms with E-state index in [1.165, 1.54) is 24.3 Å². The van der Waals surface area contributed by atoms with E-state index in [1.54, 1.807) is 12.0 Å². The van der Waals surface area contributed by atoms with E-state index in [4.69, 9.17) is 17.0 Å². The minimum Gasteiger partial charge on any atom is -0.497 e. The Hall–Kier alpha value is -1.96. The Morgan fingerprint density at radius 1 is 1.36 bits per heavy atom. The zero-order valence-corrected chi connectivity index (χ0v) is 15.7. The van der Waals surface area contributed by atoms with Crippen molar-refractivity contribution in [1.82, 2.24) is 14.8 Å². The number of methoxy groups -OCH3 is 1. The average molecular weight is 374 g/mol. The SMILES string of the molecule is COc1ccc(-c2nc(=S)n(C[NH+]3CCC[C@@H]3c3cccs3)[nH]2)cc1. The van der Waals surface area contributed by atoms with Crippen LogP contribution in [0.3, 0.4) is 0 Å². The third-order valence-corrected chi connectivity index (χ3v) is 6.07. The number of nitrogens with zero attached hydrogens (tertiary/aromatic N) is 2. The first-order valence-corrected chi connectivity index (χ1v) is 9.72. The van der Waals surface area contributed by atoms with Crippen LogP contribution in [0.25, 0.3) is 11.4 Å². The lowest BCUT2D eigenvalue weighted by atomic mass is 10.2. The second-order valence-electron chi connectivity index (χ2n) is 6.29. The van der Waals surface area contributed by atoms with Crippen molar-refractivity contribution >= 4 is 23.6 Å². The Labute approximate surface area is 155 Å². The molecule has 2 atom stereocenters. The quantitative estimate of drug-likeness (QED) is 0.676. The maximum Gasteiger partial charge on any atom is 0.221 e. The highest BCUT2D eigenvalue weighted by Crippen LogP contribution is 2.23. The molecule has 2 N–H and O–H groups in total. The lowest BCUT2D eigenvalue weighted by Gasteiger charge is -2.20. The fourth-order valence-electron chi connectivity index (χ4n) is 3.48. The van der Waals surface area contributed by atoms with Crippen molar-refractivity contribution in [3.63, 3.8) is 0 Å². The molecule has 1 unspecified atom stereocenters. The number of aromatic amines is 1. The van der Waals surface area contributed by atoms with E-state index in [9.17, 15) is 0 Å². The number of hydrogen-bond donors (Lipinski definition) is 2. The Kier molecular flexibility index (Phi) is 4.70. The van der Waals surface area contributed by atoms with Crippen molar-refractivity contribution in [2.45, 2.75) is 25.6 Å². The minimum atomic E-state index is 0.564. The lowest BCUT2D eigenvalue weighted by Crippen LogP contribution is -3.09. The van der Waals surface area contributed by atoms with E-state index in [2.05, 4.69) is 27.6 Å². The number of quaternary nitrogens is 1. The normalized spacial score (nSPS) is 20.0. The van der Waals surface area contributed by atoms with Crippen LogP contribution in [0.5, 0.6) is 5.75 Å². The smallest absolute Gasteiger partial charge is 0.221 e. The molecule has 1 saturated heterocycles. The fourth-order valence-corrected chi connectivity index (χ4v) is 4.60. The van der Waals surface area contributed by atoms with E-state index in [-0.39, 0.29) is 0 Å². The lowest BCUT2D eigenvalue weighted by molar-refractivity contribution is -0.941. The van der Waals surface area contributed by atoms with Crippen molar-refractivity contribution in [3.05, 3.63) is 51.4 Å². The minimum absolute atomic E-state index is 0.564. The van der Waals surface area contributed by atoms with Gasteiger partial charge in [-0.25, -0.2) is 4.68 Å². The van der Waals surface area contributed by atoms with Gasteiger partial charge in [-0.1, -0.05) is 6.07 Å². The van der Waals surface area contributed by atoms with E-state index >= 15 is 0 Å². The predicted molar refractivity (Wildman–Crippen MR) is 102 cm³/mol. The fraction of sp³-hybridized carbons (Fsp3) is 0.333. The van der Waals surface area contributed by atoms with Gasteiger partial charge in [0, 0.05) is 18.4 Å². The maximum atomic E-state index is 5.48. The average Bonchev–Trinajstić information content (AvgIpc) is 3.37. The number of rotatable bonds is 5.